The summed E-state index contributed by atoms with van der Waals surface area (Å²) in [5.74, 6) is -0.228. The van der Waals surface area contributed by atoms with Crippen molar-refractivity contribution in [3.05, 3.63) is 94.6 Å². The van der Waals surface area contributed by atoms with Crippen LogP contribution in [-0.4, -0.2) is 18.4 Å². The number of hydrogen-bond acceptors (Lipinski definition) is 4. The highest BCUT2D eigenvalue weighted by Gasteiger charge is 2.11. The summed E-state index contributed by atoms with van der Waals surface area (Å²) in [6.07, 6.45) is 1.50. The van der Waals surface area contributed by atoms with Crippen molar-refractivity contribution in [2.45, 2.75) is 20.8 Å². The Bertz CT molecular complexity index is 1240. The summed E-state index contributed by atoms with van der Waals surface area (Å²) < 4.78 is 5.56. The van der Waals surface area contributed by atoms with Crippen LogP contribution in [0.5, 0.6) is 5.75 Å². The van der Waals surface area contributed by atoms with Crippen LogP contribution < -0.4 is 15.4 Å². The number of benzene rings is 3. The molecule has 0 unspecified atom stereocenters. The summed E-state index contributed by atoms with van der Waals surface area (Å²) in [7, 11) is 0. The standard InChI is InChI=1S/C27H25N3O3/c1-18-8-6-10-25(20(18)3)29-26(31)17-33-23-13-11-21(12-14-23)15-22(16-28)27(32)30-24-9-5-4-7-19(24)2/h4-15H,17H2,1-3H3,(H,29,31)(H,30,32)/b22-15-. The number of rotatable bonds is 7. The van der Waals surface area contributed by atoms with Crippen LogP contribution in [-0.2, 0) is 9.59 Å². The van der Waals surface area contributed by atoms with Gasteiger partial charge in [0.2, 0.25) is 0 Å². The summed E-state index contributed by atoms with van der Waals surface area (Å²) >= 11 is 0. The molecule has 0 radical (unpaired) electrons. The third-order valence-electron chi connectivity index (χ3n) is 5.20. The van der Waals surface area contributed by atoms with Gasteiger partial charge in [-0.3, -0.25) is 9.59 Å². The Balaban J connectivity index is 1.59. The van der Waals surface area contributed by atoms with Crippen LogP contribution in [0.3, 0.4) is 0 Å². The van der Waals surface area contributed by atoms with Gasteiger partial charge in [-0.15, -0.1) is 0 Å². The zero-order valence-electron chi connectivity index (χ0n) is 18.8. The Labute approximate surface area is 193 Å². The molecule has 3 aromatic rings. The second-order valence-corrected chi connectivity index (χ2v) is 7.59. The molecule has 0 saturated heterocycles. The summed E-state index contributed by atoms with van der Waals surface area (Å²) in [5.41, 5.74) is 5.09. The van der Waals surface area contributed by atoms with E-state index in [-0.39, 0.29) is 18.1 Å². The SMILES string of the molecule is Cc1ccccc1NC(=O)/C(C#N)=C\c1ccc(OCC(=O)Nc2cccc(C)c2C)cc1. The Morgan fingerprint density at radius 1 is 0.879 bits per heavy atom. The minimum absolute atomic E-state index is 0.0141. The predicted molar refractivity (Wildman–Crippen MR) is 130 cm³/mol. The largest absolute Gasteiger partial charge is 0.484 e. The molecule has 0 saturated carbocycles. The Kier molecular flexibility index (Phi) is 7.61. The average molecular weight is 440 g/mol. The molecule has 0 aliphatic rings. The molecule has 2 N–H and O–H groups in total. The third kappa shape index (κ3) is 6.31. The van der Waals surface area contributed by atoms with Gasteiger partial charge in [0.25, 0.3) is 11.8 Å². The highest BCUT2D eigenvalue weighted by Crippen LogP contribution is 2.19. The first-order valence-electron chi connectivity index (χ1n) is 10.4. The molecule has 6 nitrogen and oxygen atoms in total. The molecule has 0 heterocycles. The molecular formula is C27H25N3O3. The van der Waals surface area contributed by atoms with Crippen molar-refractivity contribution in [2.24, 2.45) is 0 Å². The number of carbonyl (C=O) groups is 2. The van der Waals surface area contributed by atoms with Gasteiger partial charge in [0.15, 0.2) is 6.61 Å². The van der Waals surface area contributed by atoms with Crippen molar-refractivity contribution >= 4 is 29.3 Å². The smallest absolute Gasteiger partial charge is 0.266 e. The van der Waals surface area contributed by atoms with Crippen molar-refractivity contribution in [3.63, 3.8) is 0 Å². The van der Waals surface area contributed by atoms with Gasteiger partial charge >= 0.3 is 0 Å². The lowest BCUT2D eigenvalue weighted by Gasteiger charge is -2.11. The molecule has 6 heteroatoms. The van der Waals surface area contributed by atoms with Gasteiger partial charge < -0.3 is 15.4 Å². The van der Waals surface area contributed by atoms with Gasteiger partial charge in [-0.1, -0.05) is 42.5 Å². The van der Waals surface area contributed by atoms with Gasteiger partial charge in [0.05, 0.1) is 0 Å². The van der Waals surface area contributed by atoms with Crippen molar-refractivity contribution in [2.75, 3.05) is 17.2 Å². The number of nitrogens with one attached hydrogen (secondary N) is 2. The van der Waals surface area contributed by atoms with E-state index in [2.05, 4.69) is 10.6 Å². The first kappa shape index (κ1) is 23.3. The van der Waals surface area contributed by atoms with Gasteiger partial charge in [-0.2, -0.15) is 5.26 Å². The Morgan fingerprint density at radius 2 is 1.55 bits per heavy atom. The molecule has 2 amide bonds. The van der Waals surface area contributed by atoms with E-state index in [1.165, 1.54) is 6.08 Å². The molecule has 0 bridgehead atoms. The summed E-state index contributed by atoms with van der Waals surface area (Å²) in [4.78, 5) is 24.7. The molecule has 0 aromatic heterocycles. The number of amides is 2. The number of carbonyl (C=O) groups excluding carboxylic acids is 2. The summed E-state index contributed by atoms with van der Waals surface area (Å²) in [6.45, 7) is 5.69. The van der Waals surface area contributed by atoms with Crippen LogP contribution in [0.1, 0.15) is 22.3 Å². The van der Waals surface area contributed by atoms with Crippen LogP contribution in [0.15, 0.2) is 72.3 Å². The van der Waals surface area contributed by atoms with E-state index in [1.807, 2.05) is 63.2 Å². The quantitative estimate of drug-likeness (QED) is 0.392. The van der Waals surface area contributed by atoms with E-state index < -0.39 is 5.91 Å². The zero-order valence-corrected chi connectivity index (χ0v) is 18.8. The molecule has 0 aliphatic heterocycles. The van der Waals surface area contributed by atoms with Crippen LogP contribution in [0.2, 0.25) is 0 Å². The molecule has 3 rings (SSSR count). The van der Waals surface area contributed by atoms with Crippen LogP contribution in [0.4, 0.5) is 11.4 Å². The van der Waals surface area contributed by atoms with Gasteiger partial charge in [0, 0.05) is 11.4 Å². The Morgan fingerprint density at radius 3 is 2.24 bits per heavy atom. The number of ether oxygens (including phenoxy) is 1. The van der Waals surface area contributed by atoms with Gasteiger partial charge in [0.1, 0.15) is 17.4 Å². The maximum Gasteiger partial charge on any atom is 0.266 e. The van der Waals surface area contributed by atoms with Crippen molar-refractivity contribution in [1.82, 2.24) is 0 Å². The highest BCUT2D eigenvalue weighted by atomic mass is 16.5. The number of anilines is 2. The zero-order chi connectivity index (χ0) is 23.8. The topological polar surface area (TPSA) is 91.2 Å². The van der Waals surface area contributed by atoms with E-state index in [0.29, 0.717) is 17.0 Å². The molecule has 0 atom stereocenters. The highest BCUT2D eigenvalue weighted by molar-refractivity contribution is 6.09. The lowest BCUT2D eigenvalue weighted by atomic mass is 10.1. The first-order valence-corrected chi connectivity index (χ1v) is 10.4. The maximum absolute atomic E-state index is 12.5. The average Bonchev–Trinajstić information content (AvgIpc) is 2.81. The number of para-hydroxylation sites is 1. The van der Waals surface area contributed by atoms with Gasteiger partial charge in [-0.05, 0) is 73.4 Å². The third-order valence-corrected chi connectivity index (χ3v) is 5.20. The molecule has 166 valence electrons. The molecular weight excluding hydrogens is 414 g/mol. The fraction of sp³-hybridized carbons (Fsp3) is 0.148. The lowest BCUT2D eigenvalue weighted by Crippen LogP contribution is -2.20. The summed E-state index contributed by atoms with van der Waals surface area (Å²) in [5, 5.41) is 15.0. The normalized spacial score (nSPS) is 10.8. The molecule has 0 fully saturated rings. The predicted octanol–water partition coefficient (Wildman–Crippen LogP) is 5.18. The fourth-order valence-corrected chi connectivity index (χ4v) is 3.10. The second kappa shape index (κ2) is 10.8. The van der Waals surface area contributed by atoms with Crippen LogP contribution in [0, 0.1) is 32.1 Å². The maximum atomic E-state index is 12.5. The van der Waals surface area contributed by atoms with Gasteiger partial charge in [-0.25, -0.2) is 0 Å². The lowest BCUT2D eigenvalue weighted by molar-refractivity contribution is -0.118. The number of nitrogens with zero attached hydrogens (tertiary/aromatic N) is 1. The number of nitriles is 1. The summed E-state index contributed by atoms with van der Waals surface area (Å²) in [6, 6.07) is 21.8. The fourth-order valence-electron chi connectivity index (χ4n) is 3.10. The molecule has 33 heavy (non-hydrogen) atoms. The van der Waals surface area contributed by atoms with Crippen molar-refractivity contribution < 1.29 is 14.3 Å². The molecule has 0 aliphatic carbocycles. The second-order valence-electron chi connectivity index (χ2n) is 7.59. The minimum atomic E-state index is -0.477. The van der Waals surface area contributed by atoms with Crippen LogP contribution >= 0.6 is 0 Å². The monoisotopic (exact) mass is 439 g/mol. The van der Waals surface area contributed by atoms with E-state index in [9.17, 15) is 14.9 Å². The van der Waals surface area contributed by atoms with Crippen LogP contribution in [0.25, 0.3) is 6.08 Å². The van der Waals surface area contributed by atoms with Crippen molar-refractivity contribution in [3.8, 4) is 11.8 Å². The molecule has 3 aromatic carbocycles. The van der Waals surface area contributed by atoms with E-state index >= 15 is 0 Å². The van der Waals surface area contributed by atoms with E-state index in [0.717, 1.165) is 22.4 Å². The number of hydrogen-bond donors (Lipinski definition) is 2. The van der Waals surface area contributed by atoms with E-state index in [4.69, 9.17) is 4.74 Å². The number of aryl methyl sites for hydroxylation is 2. The van der Waals surface area contributed by atoms with E-state index in [1.54, 1.807) is 30.3 Å². The Hall–Kier alpha value is -4.37. The first-order chi connectivity index (χ1) is 15.9. The van der Waals surface area contributed by atoms with Crippen molar-refractivity contribution in [1.29, 1.82) is 5.26 Å². The molecule has 0 spiro atoms. The minimum Gasteiger partial charge on any atom is -0.484 e.